The Balaban J connectivity index is 1.95. The van der Waals surface area contributed by atoms with Gasteiger partial charge in [0, 0.05) is 29.7 Å². The zero-order valence-electron chi connectivity index (χ0n) is 18.1. The van der Waals surface area contributed by atoms with Crippen LogP contribution in [0.15, 0.2) is 45.6 Å². The Morgan fingerprint density at radius 2 is 1.88 bits per heavy atom. The summed E-state index contributed by atoms with van der Waals surface area (Å²) in [6, 6.07) is 9.75. The van der Waals surface area contributed by atoms with Gasteiger partial charge in [-0.05, 0) is 62.1 Å². The van der Waals surface area contributed by atoms with Crippen molar-refractivity contribution in [3.05, 3.63) is 63.3 Å². The first-order valence-corrected chi connectivity index (χ1v) is 10.7. The number of ether oxygens (including phenoxy) is 1. The Labute approximate surface area is 184 Å². The second-order valence-corrected chi connectivity index (χ2v) is 8.76. The number of fused-ring (bicyclic) bond motifs is 2. The number of phenols is 2. The highest BCUT2D eigenvalue weighted by Crippen LogP contribution is 2.50. The molecular weight excluding hydrogens is 408 g/mol. The van der Waals surface area contributed by atoms with Crippen molar-refractivity contribution in [2.45, 2.75) is 45.8 Å². The van der Waals surface area contributed by atoms with Crippen LogP contribution in [0.1, 0.15) is 30.5 Å². The molecule has 0 saturated heterocycles. The van der Waals surface area contributed by atoms with Crippen LogP contribution in [0.2, 0.25) is 0 Å². The van der Waals surface area contributed by atoms with Crippen molar-refractivity contribution in [2.75, 3.05) is 0 Å². The molecule has 2 aromatic rings. The Morgan fingerprint density at radius 3 is 2.62 bits per heavy atom. The number of aliphatic hydroxyl groups excluding tert-OH is 1. The third-order valence-corrected chi connectivity index (χ3v) is 5.87. The lowest BCUT2D eigenvalue weighted by Gasteiger charge is -2.28. The normalized spacial score (nSPS) is 16.3. The second-order valence-electron chi connectivity index (χ2n) is 8.76. The van der Waals surface area contributed by atoms with Gasteiger partial charge in [0.1, 0.15) is 34.7 Å². The fourth-order valence-electron chi connectivity index (χ4n) is 4.78. The van der Waals surface area contributed by atoms with Gasteiger partial charge >= 0.3 is 0 Å². The number of aromatic hydroxyl groups is 2. The first-order valence-electron chi connectivity index (χ1n) is 10.7. The first-order chi connectivity index (χ1) is 15.2. The molecule has 0 radical (unpaired) electrons. The highest BCUT2D eigenvalue weighted by atomic mass is 16.5. The minimum absolute atomic E-state index is 0.0783. The predicted molar refractivity (Wildman–Crippen MR) is 122 cm³/mol. The summed E-state index contributed by atoms with van der Waals surface area (Å²) in [6.07, 6.45) is 0.0276. The molecule has 5 rings (SSSR count). The van der Waals surface area contributed by atoms with Crippen LogP contribution in [-0.2, 0) is 12.8 Å². The molecule has 6 heteroatoms. The van der Waals surface area contributed by atoms with Gasteiger partial charge in [0.25, 0.3) is 0 Å². The molecule has 2 aliphatic heterocycles. The fraction of sp³-hybridized carbons (Fsp3) is 0.269. The van der Waals surface area contributed by atoms with E-state index in [0.717, 1.165) is 16.7 Å². The second kappa shape index (κ2) is 7.28. The summed E-state index contributed by atoms with van der Waals surface area (Å²) in [5.41, 5.74) is 4.74. The summed E-state index contributed by atoms with van der Waals surface area (Å²) in [6.45, 7) is 5.52. The molecule has 2 atom stereocenters. The smallest absolute Gasteiger partial charge is 0.182 e. The average Bonchev–Trinajstić information content (AvgIpc) is 2.65. The summed E-state index contributed by atoms with van der Waals surface area (Å²) in [4.78, 5) is 12.2. The molecule has 164 valence electrons. The molecule has 6 nitrogen and oxygen atoms in total. The lowest BCUT2D eigenvalue weighted by atomic mass is 9.88. The lowest BCUT2D eigenvalue weighted by Crippen LogP contribution is -2.23. The van der Waals surface area contributed by atoms with E-state index in [9.17, 15) is 20.1 Å². The highest BCUT2D eigenvalue weighted by Gasteiger charge is 2.30. The molecule has 32 heavy (non-hydrogen) atoms. The zero-order valence-corrected chi connectivity index (χ0v) is 18.1. The van der Waals surface area contributed by atoms with Crippen LogP contribution < -0.4 is 10.2 Å². The van der Waals surface area contributed by atoms with Gasteiger partial charge in [0.15, 0.2) is 5.43 Å². The Bertz CT molecular complexity index is 1400. The van der Waals surface area contributed by atoms with Crippen LogP contribution in [0, 0.1) is 6.92 Å². The summed E-state index contributed by atoms with van der Waals surface area (Å²) in [5.74, 6) is 0.905. The maximum atomic E-state index is 12.2. The number of aryl methyl sites for hydroxylation is 1. The number of hydrogen-bond donors (Lipinski definition) is 3. The van der Waals surface area contributed by atoms with E-state index in [1.807, 2.05) is 26.0 Å². The monoisotopic (exact) mass is 432 g/mol. The first kappa shape index (κ1) is 20.4. The van der Waals surface area contributed by atoms with Crippen LogP contribution in [-0.4, -0.2) is 27.5 Å². The molecule has 2 unspecified atom stereocenters. The summed E-state index contributed by atoms with van der Waals surface area (Å²) in [7, 11) is 0. The van der Waals surface area contributed by atoms with Gasteiger partial charge in [-0.25, -0.2) is 0 Å². The van der Waals surface area contributed by atoms with Crippen molar-refractivity contribution in [1.82, 2.24) is 0 Å². The van der Waals surface area contributed by atoms with Gasteiger partial charge in [-0.1, -0.05) is 6.07 Å². The van der Waals surface area contributed by atoms with E-state index in [1.165, 1.54) is 12.1 Å². The number of benzene rings is 3. The maximum absolute atomic E-state index is 12.2. The van der Waals surface area contributed by atoms with Crippen molar-refractivity contribution >= 4 is 11.0 Å². The quantitative estimate of drug-likeness (QED) is 0.411. The van der Waals surface area contributed by atoms with Crippen LogP contribution >= 0.6 is 0 Å². The largest absolute Gasteiger partial charge is 0.508 e. The third kappa shape index (κ3) is 3.28. The molecule has 0 aromatic heterocycles. The van der Waals surface area contributed by atoms with Crippen LogP contribution in [0.4, 0.5) is 0 Å². The molecule has 2 aromatic carbocycles. The van der Waals surface area contributed by atoms with Crippen molar-refractivity contribution < 1.29 is 24.5 Å². The van der Waals surface area contributed by atoms with Crippen molar-refractivity contribution in [3.63, 3.8) is 0 Å². The van der Waals surface area contributed by atoms with Crippen LogP contribution in [0.5, 0.6) is 17.2 Å². The van der Waals surface area contributed by atoms with Gasteiger partial charge in [0.05, 0.1) is 17.1 Å². The van der Waals surface area contributed by atoms with Crippen LogP contribution in [0.25, 0.3) is 33.4 Å². The molecule has 1 aliphatic carbocycles. The molecular formula is C26H24O6. The fourth-order valence-corrected chi connectivity index (χ4v) is 4.78. The summed E-state index contributed by atoms with van der Waals surface area (Å²) >= 11 is 0. The molecule has 0 spiro atoms. The van der Waals surface area contributed by atoms with E-state index < -0.39 is 6.10 Å². The highest BCUT2D eigenvalue weighted by molar-refractivity contribution is 6.05. The van der Waals surface area contributed by atoms with Gasteiger partial charge in [-0.3, -0.25) is 4.79 Å². The van der Waals surface area contributed by atoms with E-state index in [2.05, 4.69) is 0 Å². The molecule has 0 saturated carbocycles. The van der Waals surface area contributed by atoms with Gasteiger partial charge in [-0.2, -0.15) is 0 Å². The standard InChI is InChI=1S/C26H24O6/c1-12-4-19(23-15(6-13(2)27)8-17(28)10-20(23)30)25-21(5-12)32-22-11-18(29)9-16-7-14(3)31-26(25)24(16)22/h4-5,8-11,13-14,27-28,30H,6-7H2,1-3H3. The molecule has 3 aliphatic rings. The molecule has 0 bridgehead atoms. The predicted octanol–water partition coefficient (Wildman–Crippen LogP) is 4.53. The molecule has 2 heterocycles. The Kier molecular flexibility index (Phi) is 4.64. The Morgan fingerprint density at radius 1 is 1.09 bits per heavy atom. The van der Waals surface area contributed by atoms with E-state index in [-0.39, 0.29) is 29.5 Å². The molecule has 0 fully saturated rings. The van der Waals surface area contributed by atoms with Gasteiger partial charge in [-0.15, -0.1) is 0 Å². The molecule has 3 N–H and O–H groups in total. The minimum atomic E-state index is -0.673. The SMILES string of the molecule is Cc1cc(-c2c(O)cc(O)cc2CC(C)O)c2c3c4c(cc(=O)cc-4oc2c1)CC(C)O3. The number of aliphatic hydroxyl groups is 1. The number of hydrogen-bond acceptors (Lipinski definition) is 6. The van der Waals surface area contributed by atoms with E-state index >= 15 is 0 Å². The van der Waals surface area contributed by atoms with Crippen molar-refractivity contribution in [3.8, 4) is 39.7 Å². The van der Waals surface area contributed by atoms with Crippen molar-refractivity contribution in [1.29, 1.82) is 0 Å². The number of rotatable bonds is 3. The maximum Gasteiger partial charge on any atom is 0.182 e. The van der Waals surface area contributed by atoms with E-state index in [4.69, 9.17) is 9.15 Å². The third-order valence-electron chi connectivity index (χ3n) is 5.87. The summed E-state index contributed by atoms with van der Waals surface area (Å²) in [5, 5.41) is 31.7. The summed E-state index contributed by atoms with van der Waals surface area (Å²) < 4.78 is 12.5. The number of phenolic OH excluding ortho intramolecular Hbond substituents is 2. The van der Waals surface area contributed by atoms with E-state index in [0.29, 0.717) is 45.6 Å². The average molecular weight is 432 g/mol. The molecule has 0 amide bonds. The zero-order chi connectivity index (χ0) is 22.7. The van der Waals surface area contributed by atoms with E-state index in [1.54, 1.807) is 19.1 Å². The van der Waals surface area contributed by atoms with Gasteiger partial charge in [0.2, 0.25) is 0 Å². The van der Waals surface area contributed by atoms with Crippen LogP contribution in [0.3, 0.4) is 0 Å². The minimum Gasteiger partial charge on any atom is -0.508 e. The topological polar surface area (TPSA) is 100 Å². The van der Waals surface area contributed by atoms with Crippen molar-refractivity contribution in [2.24, 2.45) is 0 Å². The lowest BCUT2D eigenvalue weighted by molar-refractivity contribution is 0.195. The van der Waals surface area contributed by atoms with Gasteiger partial charge < -0.3 is 24.5 Å². The Hall–Kier alpha value is -3.51.